The predicted octanol–water partition coefficient (Wildman–Crippen LogP) is 3.77. The molecular weight excluding hydrogens is 294 g/mol. The molecule has 1 atom stereocenters. The first-order valence-corrected chi connectivity index (χ1v) is 8.21. The van der Waals surface area contributed by atoms with Gasteiger partial charge >= 0.3 is 12.1 Å². The fraction of sp³-hybridized carbons (Fsp3) is 0.556. The van der Waals surface area contributed by atoms with Gasteiger partial charge in [-0.15, -0.1) is 0 Å². The van der Waals surface area contributed by atoms with Crippen LogP contribution < -0.4 is 0 Å². The second kappa shape index (κ2) is 10.6. The van der Waals surface area contributed by atoms with E-state index in [4.69, 9.17) is 9.47 Å². The van der Waals surface area contributed by atoms with Crippen molar-refractivity contribution in [1.29, 1.82) is 0 Å². The number of rotatable bonds is 9. The van der Waals surface area contributed by atoms with Crippen LogP contribution >= 0.6 is 0 Å². The third-order valence-corrected chi connectivity index (χ3v) is 3.49. The Labute approximate surface area is 138 Å². The van der Waals surface area contributed by atoms with E-state index in [2.05, 4.69) is 6.92 Å². The van der Waals surface area contributed by atoms with Crippen molar-refractivity contribution >= 4 is 12.1 Å². The highest BCUT2D eigenvalue weighted by atomic mass is 16.6. The molecule has 1 unspecified atom stereocenters. The molecule has 0 bridgehead atoms. The zero-order chi connectivity index (χ0) is 17.1. The molecule has 0 radical (unpaired) electrons. The Kier molecular flexibility index (Phi) is 8.80. The summed E-state index contributed by atoms with van der Waals surface area (Å²) in [5.41, 5.74) is 0.939. The maximum atomic E-state index is 12.4. The Hall–Kier alpha value is -2.04. The Bertz CT molecular complexity index is 475. The van der Waals surface area contributed by atoms with Gasteiger partial charge in [0.1, 0.15) is 6.61 Å². The zero-order valence-corrected chi connectivity index (χ0v) is 14.3. The van der Waals surface area contributed by atoms with Crippen molar-refractivity contribution in [2.24, 2.45) is 0 Å². The lowest BCUT2D eigenvalue weighted by Gasteiger charge is -2.28. The van der Waals surface area contributed by atoms with Gasteiger partial charge in [0.25, 0.3) is 0 Å². The lowest BCUT2D eigenvalue weighted by molar-refractivity contribution is -0.144. The van der Waals surface area contributed by atoms with E-state index in [-0.39, 0.29) is 31.1 Å². The molecule has 0 aliphatic heterocycles. The minimum atomic E-state index is -0.390. The van der Waals surface area contributed by atoms with Crippen LogP contribution in [0.25, 0.3) is 0 Å². The van der Waals surface area contributed by atoms with Crippen molar-refractivity contribution in [3.05, 3.63) is 35.9 Å². The van der Waals surface area contributed by atoms with Gasteiger partial charge in [-0.25, -0.2) is 4.79 Å². The van der Waals surface area contributed by atoms with Gasteiger partial charge < -0.3 is 14.4 Å². The highest BCUT2D eigenvalue weighted by Gasteiger charge is 2.23. The van der Waals surface area contributed by atoms with Crippen molar-refractivity contribution in [2.45, 2.75) is 52.7 Å². The van der Waals surface area contributed by atoms with Crippen LogP contribution in [0.3, 0.4) is 0 Å². The molecule has 23 heavy (non-hydrogen) atoms. The molecule has 1 amide bonds. The van der Waals surface area contributed by atoms with Crippen LogP contribution in [-0.4, -0.2) is 36.2 Å². The largest absolute Gasteiger partial charge is 0.466 e. The Morgan fingerprint density at radius 2 is 1.83 bits per heavy atom. The molecule has 0 spiro atoms. The van der Waals surface area contributed by atoms with Crippen LogP contribution in [0, 0.1) is 0 Å². The van der Waals surface area contributed by atoms with Crippen molar-refractivity contribution in [1.82, 2.24) is 4.90 Å². The van der Waals surface area contributed by atoms with Crippen LogP contribution in [0.5, 0.6) is 0 Å². The summed E-state index contributed by atoms with van der Waals surface area (Å²) in [6, 6.07) is 9.30. The molecule has 1 rings (SSSR count). The number of carbonyl (C=O) groups excluding carboxylic acids is 2. The Morgan fingerprint density at radius 3 is 2.43 bits per heavy atom. The van der Waals surface area contributed by atoms with E-state index in [0.29, 0.717) is 13.2 Å². The van der Waals surface area contributed by atoms with Gasteiger partial charge in [0, 0.05) is 12.6 Å². The standard InChI is InChI=1S/C18H27NO4/c1-4-6-12-19(15(3)13-17(20)22-5-2)18(21)23-14-16-10-8-7-9-11-16/h7-11,15H,4-6,12-14H2,1-3H3. The van der Waals surface area contributed by atoms with E-state index in [9.17, 15) is 9.59 Å². The van der Waals surface area contributed by atoms with E-state index in [0.717, 1.165) is 18.4 Å². The average Bonchev–Trinajstić information content (AvgIpc) is 2.54. The molecule has 0 N–H and O–H groups in total. The molecule has 0 saturated carbocycles. The molecule has 128 valence electrons. The van der Waals surface area contributed by atoms with Crippen LogP contribution in [0.1, 0.15) is 45.6 Å². The number of carbonyl (C=O) groups is 2. The first kappa shape index (κ1) is 19.0. The highest BCUT2D eigenvalue weighted by molar-refractivity contribution is 5.72. The van der Waals surface area contributed by atoms with Crippen molar-refractivity contribution < 1.29 is 19.1 Å². The molecule has 5 nitrogen and oxygen atoms in total. The molecule has 0 aliphatic carbocycles. The van der Waals surface area contributed by atoms with Crippen molar-refractivity contribution in [2.75, 3.05) is 13.2 Å². The summed E-state index contributed by atoms with van der Waals surface area (Å²) in [4.78, 5) is 25.6. The van der Waals surface area contributed by atoms with Crippen molar-refractivity contribution in [3.8, 4) is 0 Å². The molecule has 0 aliphatic rings. The Morgan fingerprint density at radius 1 is 1.13 bits per heavy atom. The maximum absolute atomic E-state index is 12.4. The molecule has 0 aromatic heterocycles. The smallest absolute Gasteiger partial charge is 0.410 e. The van der Waals surface area contributed by atoms with E-state index in [1.165, 1.54) is 0 Å². The number of nitrogens with zero attached hydrogens (tertiary/aromatic N) is 1. The topological polar surface area (TPSA) is 55.8 Å². The zero-order valence-electron chi connectivity index (χ0n) is 14.3. The summed E-state index contributed by atoms with van der Waals surface area (Å²) in [6.45, 7) is 6.82. The lowest BCUT2D eigenvalue weighted by atomic mass is 10.2. The molecule has 1 aromatic rings. The second-order valence-corrected chi connectivity index (χ2v) is 5.45. The summed E-state index contributed by atoms with van der Waals surface area (Å²) >= 11 is 0. The van der Waals surface area contributed by atoms with Crippen LogP contribution in [0.15, 0.2) is 30.3 Å². The molecular formula is C18H27NO4. The summed E-state index contributed by atoms with van der Waals surface area (Å²) in [7, 11) is 0. The number of benzene rings is 1. The van der Waals surface area contributed by atoms with Gasteiger partial charge in [-0.2, -0.15) is 0 Å². The predicted molar refractivity (Wildman–Crippen MR) is 89.0 cm³/mol. The van der Waals surface area contributed by atoms with Gasteiger partial charge in [-0.1, -0.05) is 43.7 Å². The third kappa shape index (κ3) is 7.17. The lowest BCUT2D eigenvalue weighted by Crippen LogP contribution is -2.41. The van der Waals surface area contributed by atoms with Gasteiger partial charge in [-0.3, -0.25) is 4.79 Å². The number of ether oxygens (including phenoxy) is 2. The average molecular weight is 321 g/mol. The van der Waals surface area contributed by atoms with E-state index >= 15 is 0 Å². The van der Waals surface area contributed by atoms with Gasteiger partial charge in [0.05, 0.1) is 13.0 Å². The normalized spacial score (nSPS) is 11.6. The Balaban J connectivity index is 2.60. The number of hydrogen-bond donors (Lipinski definition) is 0. The number of amides is 1. The van der Waals surface area contributed by atoms with Gasteiger partial charge in [0.15, 0.2) is 0 Å². The fourth-order valence-corrected chi connectivity index (χ4v) is 2.19. The first-order valence-electron chi connectivity index (χ1n) is 8.21. The molecule has 0 heterocycles. The van der Waals surface area contributed by atoms with Crippen molar-refractivity contribution in [3.63, 3.8) is 0 Å². The molecule has 0 fully saturated rings. The van der Waals surface area contributed by atoms with E-state index in [1.807, 2.05) is 37.3 Å². The minimum absolute atomic E-state index is 0.179. The number of unbranched alkanes of at least 4 members (excludes halogenated alkanes) is 1. The maximum Gasteiger partial charge on any atom is 0.410 e. The van der Waals surface area contributed by atoms with Gasteiger partial charge in [-0.05, 0) is 25.8 Å². The minimum Gasteiger partial charge on any atom is -0.466 e. The third-order valence-electron chi connectivity index (χ3n) is 3.49. The molecule has 5 heteroatoms. The van der Waals surface area contributed by atoms with E-state index < -0.39 is 0 Å². The summed E-state index contributed by atoms with van der Waals surface area (Å²) in [6.07, 6.45) is 1.62. The highest BCUT2D eigenvalue weighted by Crippen LogP contribution is 2.11. The second-order valence-electron chi connectivity index (χ2n) is 5.45. The SMILES string of the molecule is CCCCN(C(=O)OCc1ccccc1)C(C)CC(=O)OCC. The fourth-order valence-electron chi connectivity index (χ4n) is 2.19. The first-order chi connectivity index (χ1) is 11.1. The number of hydrogen-bond acceptors (Lipinski definition) is 4. The summed E-state index contributed by atoms with van der Waals surface area (Å²) in [5.74, 6) is -0.294. The quantitative estimate of drug-likeness (QED) is 0.650. The van der Waals surface area contributed by atoms with Crippen LogP contribution in [0.2, 0.25) is 0 Å². The van der Waals surface area contributed by atoms with Crippen LogP contribution in [0.4, 0.5) is 4.79 Å². The monoisotopic (exact) mass is 321 g/mol. The number of esters is 1. The van der Waals surface area contributed by atoms with E-state index in [1.54, 1.807) is 11.8 Å². The van der Waals surface area contributed by atoms with Gasteiger partial charge in [0.2, 0.25) is 0 Å². The van der Waals surface area contributed by atoms with Crippen LogP contribution in [-0.2, 0) is 20.9 Å². The molecule has 0 saturated heterocycles. The summed E-state index contributed by atoms with van der Waals surface area (Å²) < 4.78 is 10.3. The molecule has 1 aromatic carbocycles. The summed E-state index contributed by atoms with van der Waals surface area (Å²) in [5, 5.41) is 0.